The van der Waals surface area contributed by atoms with Gasteiger partial charge in [0.15, 0.2) is 11.5 Å². The van der Waals surface area contributed by atoms with Crippen LogP contribution in [0.2, 0.25) is 0 Å². The number of aromatic nitrogens is 2. The number of nitrogens with zero attached hydrogens (tertiary/aromatic N) is 2. The number of benzene rings is 1. The fourth-order valence-electron chi connectivity index (χ4n) is 2.41. The van der Waals surface area contributed by atoms with E-state index in [1.165, 1.54) is 0 Å². The third-order valence-corrected chi connectivity index (χ3v) is 4.66. The van der Waals surface area contributed by atoms with Gasteiger partial charge >= 0.3 is 0 Å². The van der Waals surface area contributed by atoms with E-state index < -0.39 is 0 Å². The van der Waals surface area contributed by atoms with Crippen LogP contribution in [0.3, 0.4) is 0 Å². The Balaban J connectivity index is 1.57. The van der Waals surface area contributed by atoms with Crippen LogP contribution in [0.1, 0.15) is 16.1 Å². The van der Waals surface area contributed by atoms with Crippen molar-refractivity contribution in [3.05, 3.63) is 59.2 Å². The number of pyridine rings is 1. The number of thiazole rings is 1. The van der Waals surface area contributed by atoms with Gasteiger partial charge in [0.2, 0.25) is 0 Å². The summed E-state index contributed by atoms with van der Waals surface area (Å²) in [5.74, 6) is 0.958. The Morgan fingerprint density at radius 3 is 2.73 bits per heavy atom. The zero-order chi connectivity index (χ0) is 18.4. The Hall–Kier alpha value is -2.93. The minimum Gasteiger partial charge on any atom is -0.493 e. The van der Waals surface area contributed by atoms with Crippen molar-refractivity contribution in [3.63, 3.8) is 0 Å². The van der Waals surface area contributed by atoms with Gasteiger partial charge in [0.1, 0.15) is 5.01 Å². The fourth-order valence-corrected chi connectivity index (χ4v) is 3.24. The predicted octanol–water partition coefficient (Wildman–Crippen LogP) is 3.19. The smallest absolute Gasteiger partial charge is 0.251 e. The van der Waals surface area contributed by atoms with Gasteiger partial charge in [-0.1, -0.05) is 6.07 Å². The van der Waals surface area contributed by atoms with Crippen molar-refractivity contribution in [1.82, 2.24) is 15.3 Å². The van der Waals surface area contributed by atoms with Crippen molar-refractivity contribution < 1.29 is 14.3 Å². The van der Waals surface area contributed by atoms with E-state index in [9.17, 15) is 4.79 Å². The summed E-state index contributed by atoms with van der Waals surface area (Å²) in [4.78, 5) is 21.2. The van der Waals surface area contributed by atoms with Gasteiger partial charge in [-0.25, -0.2) is 4.98 Å². The molecule has 7 heteroatoms. The van der Waals surface area contributed by atoms with Crippen LogP contribution in [-0.2, 0) is 6.42 Å². The zero-order valence-corrected chi connectivity index (χ0v) is 15.4. The molecule has 2 heterocycles. The van der Waals surface area contributed by atoms with Crippen LogP contribution in [0.15, 0.2) is 48.0 Å². The molecule has 0 bridgehead atoms. The lowest BCUT2D eigenvalue weighted by Crippen LogP contribution is -2.25. The lowest BCUT2D eigenvalue weighted by atomic mass is 10.2. The SMILES string of the molecule is COc1ccc(C(=O)NCCc2csc(-c3ccccn3)n2)cc1OC. The van der Waals surface area contributed by atoms with Gasteiger partial charge < -0.3 is 14.8 Å². The molecule has 0 aliphatic heterocycles. The van der Waals surface area contributed by atoms with E-state index in [0.717, 1.165) is 16.4 Å². The minimum absolute atomic E-state index is 0.161. The Labute approximate surface area is 155 Å². The summed E-state index contributed by atoms with van der Waals surface area (Å²) in [6, 6.07) is 10.8. The molecule has 3 rings (SSSR count). The summed E-state index contributed by atoms with van der Waals surface area (Å²) in [6.07, 6.45) is 2.40. The summed E-state index contributed by atoms with van der Waals surface area (Å²) in [5, 5.41) is 5.77. The molecule has 26 heavy (non-hydrogen) atoms. The predicted molar refractivity (Wildman–Crippen MR) is 101 cm³/mol. The number of hydrogen-bond acceptors (Lipinski definition) is 6. The molecule has 0 radical (unpaired) electrons. The molecule has 2 aromatic heterocycles. The standard InChI is InChI=1S/C19H19N3O3S/c1-24-16-7-6-13(11-17(16)25-2)18(23)21-10-8-14-12-26-19(22-14)15-5-3-4-9-20-15/h3-7,9,11-12H,8,10H2,1-2H3,(H,21,23). The lowest BCUT2D eigenvalue weighted by molar-refractivity contribution is 0.0953. The second-order valence-corrected chi connectivity index (χ2v) is 6.29. The number of methoxy groups -OCH3 is 2. The average Bonchev–Trinajstić information content (AvgIpc) is 3.17. The monoisotopic (exact) mass is 369 g/mol. The Bertz CT molecular complexity index is 881. The molecule has 134 valence electrons. The van der Waals surface area contributed by atoms with Gasteiger partial charge in [-0.3, -0.25) is 9.78 Å². The van der Waals surface area contributed by atoms with E-state index in [-0.39, 0.29) is 5.91 Å². The molecular formula is C19H19N3O3S. The maximum Gasteiger partial charge on any atom is 0.251 e. The van der Waals surface area contributed by atoms with Crippen LogP contribution in [0, 0.1) is 0 Å². The van der Waals surface area contributed by atoms with Gasteiger partial charge in [-0.05, 0) is 30.3 Å². The first-order chi connectivity index (χ1) is 12.7. The molecule has 0 saturated carbocycles. The van der Waals surface area contributed by atoms with Gasteiger partial charge in [0.25, 0.3) is 5.91 Å². The van der Waals surface area contributed by atoms with Gasteiger partial charge in [-0.2, -0.15) is 0 Å². The van der Waals surface area contributed by atoms with E-state index in [1.807, 2.05) is 23.6 Å². The van der Waals surface area contributed by atoms with E-state index in [0.29, 0.717) is 30.0 Å². The van der Waals surface area contributed by atoms with E-state index in [4.69, 9.17) is 9.47 Å². The topological polar surface area (TPSA) is 73.3 Å². The van der Waals surface area contributed by atoms with Crippen LogP contribution < -0.4 is 14.8 Å². The quantitative estimate of drug-likeness (QED) is 0.692. The summed E-state index contributed by atoms with van der Waals surface area (Å²) >= 11 is 1.55. The number of rotatable bonds is 7. The number of carbonyl (C=O) groups excluding carboxylic acids is 1. The molecule has 1 amide bonds. The van der Waals surface area contributed by atoms with Gasteiger partial charge in [-0.15, -0.1) is 11.3 Å². The van der Waals surface area contributed by atoms with Crippen molar-refractivity contribution >= 4 is 17.2 Å². The molecule has 0 unspecified atom stereocenters. The third kappa shape index (κ3) is 4.18. The molecule has 0 aliphatic carbocycles. The van der Waals surface area contributed by atoms with E-state index in [2.05, 4.69) is 15.3 Å². The molecule has 6 nitrogen and oxygen atoms in total. The molecule has 1 N–H and O–H groups in total. The Morgan fingerprint density at radius 1 is 1.15 bits per heavy atom. The number of amides is 1. The van der Waals surface area contributed by atoms with Crippen LogP contribution >= 0.6 is 11.3 Å². The Morgan fingerprint density at radius 2 is 2.00 bits per heavy atom. The molecule has 0 fully saturated rings. The van der Waals surface area contributed by atoms with E-state index >= 15 is 0 Å². The minimum atomic E-state index is -0.161. The maximum atomic E-state index is 12.3. The number of hydrogen-bond donors (Lipinski definition) is 1. The van der Waals surface area contributed by atoms with E-state index in [1.54, 1.807) is 50.0 Å². The summed E-state index contributed by atoms with van der Waals surface area (Å²) in [6.45, 7) is 0.499. The first-order valence-corrected chi connectivity index (χ1v) is 8.95. The van der Waals surface area contributed by atoms with Gasteiger partial charge in [0, 0.05) is 30.1 Å². The van der Waals surface area contributed by atoms with Crippen molar-refractivity contribution in [1.29, 1.82) is 0 Å². The zero-order valence-electron chi connectivity index (χ0n) is 14.6. The normalized spacial score (nSPS) is 10.4. The fraction of sp³-hybridized carbons (Fsp3) is 0.211. The summed E-state index contributed by atoms with van der Waals surface area (Å²) in [5.41, 5.74) is 2.32. The van der Waals surface area contributed by atoms with Crippen LogP contribution in [0.5, 0.6) is 11.5 Å². The second-order valence-electron chi connectivity index (χ2n) is 5.43. The number of nitrogens with one attached hydrogen (secondary N) is 1. The first kappa shape index (κ1) is 17.9. The van der Waals surface area contributed by atoms with Crippen LogP contribution in [-0.4, -0.2) is 36.6 Å². The Kier molecular flexibility index (Phi) is 5.80. The number of ether oxygens (including phenoxy) is 2. The summed E-state index contributed by atoms with van der Waals surface area (Å²) < 4.78 is 10.4. The van der Waals surface area contributed by atoms with Crippen molar-refractivity contribution in [2.75, 3.05) is 20.8 Å². The summed E-state index contributed by atoms with van der Waals surface area (Å²) in [7, 11) is 3.10. The largest absolute Gasteiger partial charge is 0.493 e. The van der Waals surface area contributed by atoms with Crippen molar-refractivity contribution in [3.8, 4) is 22.2 Å². The number of carbonyl (C=O) groups is 1. The molecule has 0 atom stereocenters. The molecule has 3 aromatic rings. The molecule has 0 aliphatic rings. The first-order valence-electron chi connectivity index (χ1n) is 8.07. The highest BCUT2D eigenvalue weighted by Crippen LogP contribution is 2.27. The van der Waals surface area contributed by atoms with Crippen LogP contribution in [0.25, 0.3) is 10.7 Å². The van der Waals surface area contributed by atoms with Crippen molar-refractivity contribution in [2.24, 2.45) is 0 Å². The molecule has 0 saturated heterocycles. The average molecular weight is 369 g/mol. The lowest BCUT2D eigenvalue weighted by Gasteiger charge is -2.09. The van der Waals surface area contributed by atoms with Gasteiger partial charge in [0.05, 0.1) is 25.6 Å². The third-order valence-electron chi connectivity index (χ3n) is 3.75. The molecular weight excluding hydrogens is 350 g/mol. The molecule has 0 spiro atoms. The highest BCUT2D eigenvalue weighted by molar-refractivity contribution is 7.13. The highest BCUT2D eigenvalue weighted by atomic mass is 32.1. The highest BCUT2D eigenvalue weighted by Gasteiger charge is 2.11. The maximum absolute atomic E-state index is 12.3. The second kappa shape index (κ2) is 8.44. The molecule has 1 aromatic carbocycles. The van der Waals surface area contributed by atoms with Crippen molar-refractivity contribution in [2.45, 2.75) is 6.42 Å². The van der Waals surface area contributed by atoms with Crippen LogP contribution in [0.4, 0.5) is 0 Å².